The third-order valence-electron chi connectivity index (χ3n) is 5.59. The van der Waals surface area contributed by atoms with Crippen LogP contribution in [0.4, 0.5) is 0 Å². The Morgan fingerprint density at radius 1 is 1.00 bits per heavy atom. The van der Waals surface area contributed by atoms with Gasteiger partial charge in [-0.05, 0) is 41.5 Å². The second kappa shape index (κ2) is 7.59. The molecule has 0 atom stereocenters. The van der Waals surface area contributed by atoms with Crippen molar-refractivity contribution in [2.24, 2.45) is 0 Å². The summed E-state index contributed by atoms with van der Waals surface area (Å²) in [6, 6.07) is 22.1. The molecular weight excluding hydrogens is 374 g/mol. The number of hydrogen-bond acceptors (Lipinski definition) is 4. The molecule has 148 valence electrons. The standard InChI is InChI=1S/C25H21N3O2/c1-30-20-10-7-17(8-11-20)21-12-14-26-24-22(21)16-28(25(24)29)15-13-19-9-6-18-4-2-3-5-23(18)27-19/h2-12,14H,13,15-16H2,1H3. The zero-order valence-corrected chi connectivity index (χ0v) is 16.7. The van der Waals surface area contributed by atoms with Gasteiger partial charge < -0.3 is 9.64 Å². The zero-order chi connectivity index (χ0) is 20.5. The first-order valence-corrected chi connectivity index (χ1v) is 9.99. The van der Waals surface area contributed by atoms with Gasteiger partial charge in [-0.3, -0.25) is 14.8 Å². The van der Waals surface area contributed by atoms with Crippen molar-refractivity contribution in [3.8, 4) is 16.9 Å². The van der Waals surface area contributed by atoms with E-state index in [1.165, 1.54) is 0 Å². The summed E-state index contributed by atoms with van der Waals surface area (Å²) in [5.41, 5.74) is 5.60. The van der Waals surface area contributed by atoms with Crippen molar-refractivity contribution in [1.82, 2.24) is 14.9 Å². The van der Waals surface area contributed by atoms with E-state index < -0.39 is 0 Å². The Bertz CT molecular complexity index is 1230. The predicted molar refractivity (Wildman–Crippen MR) is 116 cm³/mol. The average molecular weight is 395 g/mol. The quantitative estimate of drug-likeness (QED) is 0.499. The highest BCUT2D eigenvalue weighted by Gasteiger charge is 2.30. The largest absolute Gasteiger partial charge is 0.497 e. The Hall–Kier alpha value is -3.73. The lowest BCUT2D eigenvalue weighted by molar-refractivity contribution is 0.0776. The lowest BCUT2D eigenvalue weighted by Gasteiger charge is -2.15. The number of rotatable bonds is 5. The van der Waals surface area contributed by atoms with Crippen LogP contribution in [0.5, 0.6) is 5.75 Å². The number of hydrogen-bond donors (Lipinski definition) is 0. The van der Waals surface area contributed by atoms with Crippen LogP contribution >= 0.6 is 0 Å². The van der Waals surface area contributed by atoms with Gasteiger partial charge in [0.25, 0.3) is 5.91 Å². The highest BCUT2D eigenvalue weighted by atomic mass is 16.5. The first-order valence-electron chi connectivity index (χ1n) is 9.99. The number of benzene rings is 2. The molecule has 5 nitrogen and oxygen atoms in total. The number of para-hydroxylation sites is 1. The first kappa shape index (κ1) is 18.3. The molecule has 5 heteroatoms. The van der Waals surface area contributed by atoms with Gasteiger partial charge in [0.05, 0.1) is 12.6 Å². The van der Waals surface area contributed by atoms with Gasteiger partial charge in [0.1, 0.15) is 11.4 Å². The highest BCUT2D eigenvalue weighted by molar-refractivity contribution is 5.98. The molecule has 0 bridgehead atoms. The minimum atomic E-state index is -0.0128. The molecule has 0 radical (unpaired) electrons. The minimum Gasteiger partial charge on any atom is -0.497 e. The summed E-state index contributed by atoms with van der Waals surface area (Å²) in [5, 5.41) is 1.12. The van der Waals surface area contributed by atoms with Crippen molar-refractivity contribution in [2.45, 2.75) is 13.0 Å². The Morgan fingerprint density at radius 3 is 2.67 bits per heavy atom. The number of pyridine rings is 2. The monoisotopic (exact) mass is 395 g/mol. The minimum absolute atomic E-state index is 0.0128. The summed E-state index contributed by atoms with van der Waals surface area (Å²) < 4.78 is 5.25. The number of fused-ring (bicyclic) bond motifs is 2. The van der Waals surface area contributed by atoms with E-state index in [1.807, 2.05) is 59.5 Å². The van der Waals surface area contributed by atoms with Gasteiger partial charge in [0.15, 0.2) is 0 Å². The summed E-state index contributed by atoms with van der Waals surface area (Å²) in [5.74, 6) is 0.797. The van der Waals surface area contributed by atoms with E-state index in [4.69, 9.17) is 9.72 Å². The van der Waals surface area contributed by atoms with Crippen LogP contribution in [0.1, 0.15) is 21.7 Å². The first-order chi connectivity index (χ1) is 14.7. The fourth-order valence-corrected chi connectivity index (χ4v) is 3.97. The van der Waals surface area contributed by atoms with Crippen molar-refractivity contribution in [2.75, 3.05) is 13.7 Å². The molecule has 0 N–H and O–H groups in total. The maximum absolute atomic E-state index is 12.9. The summed E-state index contributed by atoms with van der Waals surface area (Å²) in [7, 11) is 1.65. The van der Waals surface area contributed by atoms with E-state index in [0.29, 0.717) is 25.2 Å². The number of amides is 1. The topological polar surface area (TPSA) is 55.3 Å². The van der Waals surface area contributed by atoms with Crippen LogP contribution in [0.3, 0.4) is 0 Å². The molecule has 30 heavy (non-hydrogen) atoms. The number of aromatic nitrogens is 2. The third-order valence-corrected chi connectivity index (χ3v) is 5.59. The van der Waals surface area contributed by atoms with Gasteiger partial charge >= 0.3 is 0 Å². The molecule has 2 aromatic carbocycles. The lowest BCUT2D eigenvalue weighted by Crippen LogP contribution is -2.26. The second-order valence-electron chi connectivity index (χ2n) is 7.39. The Morgan fingerprint density at radius 2 is 1.83 bits per heavy atom. The second-order valence-corrected chi connectivity index (χ2v) is 7.39. The van der Waals surface area contributed by atoms with E-state index in [-0.39, 0.29) is 5.91 Å². The Labute approximate surface area is 175 Å². The molecule has 4 aromatic rings. The molecule has 1 aliphatic heterocycles. The van der Waals surface area contributed by atoms with Gasteiger partial charge in [-0.2, -0.15) is 0 Å². The zero-order valence-electron chi connectivity index (χ0n) is 16.7. The van der Waals surface area contributed by atoms with E-state index in [1.54, 1.807) is 13.3 Å². The maximum Gasteiger partial charge on any atom is 0.273 e. The van der Waals surface area contributed by atoms with Crippen LogP contribution in [0.2, 0.25) is 0 Å². The van der Waals surface area contributed by atoms with Crippen LogP contribution in [-0.2, 0) is 13.0 Å². The lowest BCUT2D eigenvalue weighted by atomic mass is 10.0. The number of methoxy groups -OCH3 is 1. The Balaban J connectivity index is 1.36. The molecule has 0 fully saturated rings. The predicted octanol–water partition coefficient (Wildman–Crippen LogP) is 4.50. The normalized spacial score (nSPS) is 13.0. The smallest absolute Gasteiger partial charge is 0.273 e. The number of ether oxygens (including phenoxy) is 1. The van der Waals surface area contributed by atoms with Gasteiger partial charge in [-0.1, -0.05) is 36.4 Å². The molecule has 0 aliphatic carbocycles. The van der Waals surface area contributed by atoms with E-state index in [2.05, 4.69) is 17.1 Å². The molecule has 3 heterocycles. The van der Waals surface area contributed by atoms with E-state index in [9.17, 15) is 4.79 Å². The molecule has 0 spiro atoms. The van der Waals surface area contributed by atoms with Crippen molar-refractivity contribution < 1.29 is 9.53 Å². The van der Waals surface area contributed by atoms with Crippen LogP contribution in [0.15, 0.2) is 72.9 Å². The summed E-state index contributed by atoms with van der Waals surface area (Å²) in [4.78, 5) is 23.9. The van der Waals surface area contributed by atoms with Gasteiger partial charge in [0.2, 0.25) is 0 Å². The number of carbonyl (C=O) groups excluding carboxylic acids is 1. The summed E-state index contributed by atoms with van der Waals surface area (Å²) in [6.45, 7) is 1.18. The van der Waals surface area contributed by atoms with E-state index in [0.717, 1.165) is 39.0 Å². The van der Waals surface area contributed by atoms with Crippen LogP contribution in [0, 0.1) is 0 Å². The van der Waals surface area contributed by atoms with Gasteiger partial charge in [-0.25, -0.2) is 0 Å². The van der Waals surface area contributed by atoms with Crippen molar-refractivity contribution in [3.63, 3.8) is 0 Å². The van der Waals surface area contributed by atoms with Crippen molar-refractivity contribution in [3.05, 3.63) is 89.9 Å². The van der Waals surface area contributed by atoms with Crippen molar-refractivity contribution >= 4 is 16.8 Å². The SMILES string of the molecule is COc1ccc(-c2ccnc3c2CN(CCc2ccc4ccccc4n2)C3=O)cc1. The van der Waals surface area contributed by atoms with E-state index >= 15 is 0 Å². The maximum atomic E-state index is 12.9. The number of nitrogens with zero attached hydrogens (tertiary/aromatic N) is 3. The molecule has 2 aromatic heterocycles. The molecule has 1 aliphatic rings. The molecule has 0 saturated heterocycles. The third kappa shape index (κ3) is 3.28. The fourth-order valence-electron chi connectivity index (χ4n) is 3.97. The van der Waals surface area contributed by atoms with Crippen LogP contribution < -0.4 is 4.74 Å². The summed E-state index contributed by atoms with van der Waals surface area (Å²) in [6.07, 6.45) is 2.42. The molecule has 5 rings (SSSR count). The van der Waals surface area contributed by atoms with Gasteiger partial charge in [0, 0.05) is 42.4 Å². The number of carbonyl (C=O) groups is 1. The summed E-state index contributed by atoms with van der Waals surface area (Å²) >= 11 is 0. The van der Waals surface area contributed by atoms with Crippen LogP contribution in [0.25, 0.3) is 22.0 Å². The molecule has 0 unspecified atom stereocenters. The van der Waals surface area contributed by atoms with Gasteiger partial charge in [-0.15, -0.1) is 0 Å². The molecule has 1 amide bonds. The van der Waals surface area contributed by atoms with Crippen molar-refractivity contribution in [1.29, 1.82) is 0 Å². The molecule has 0 saturated carbocycles. The highest BCUT2D eigenvalue weighted by Crippen LogP contribution is 2.32. The molecular formula is C25H21N3O2. The van der Waals surface area contributed by atoms with Crippen LogP contribution in [-0.4, -0.2) is 34.4 Å². The Kier molecular flexibility index (Phi) is 4.64. The average Bonchev–Trinajstić information content (AvgIpc) is 3.13. The fraction of sp³-hybridized carbons (Fsp3) is 0.160.